The van der Waals surface area contributed by atoms with Gasteiger partial charge in [0.05, 0.1) is 5.75 Å². The molecule has 0 unspecified atom stereocenters. The molecular formula is C14H22N2O2S. The van der Waals surface area contributed by atoms with Gasteiger partial charge in [-0.25, -0.2) is 8.42 Å². The fourth-order valence-corrected chi connectivity index (χ4v) is 3.91. The highest BCUT2D eigenvalue weighted by molar-refractivity contribution is 7.92. The minimum Gasteiger partial charge on any atom is -0.317 e. The summed E-state index contributed by atoms with van der Waals surface area (Å²) in [5, 5.41) is 3.25. The van der Waals surface area contributed by atoms with E-state index in [1.807, 2.05) is 32.0 Å². The molecule has 2 N–H and O–H groups in total. The monoisotopic (exact) mass is 282 g/mol. The Labute approximate surface area is 115 Å². The summed E-state index contributed by atoms with van der Waals surface area (Å²) >= 11 is 0. The van der Waals surface area contributed by atoms with E-state index in [-0.39, 0.29) is 11.7 Å². The van der Waals surface area contributed by atoms with E-state index >= 15 is 0 Å². The SMILES string of the molecule is Cc1ccc(NS(=O)(=O)CC2CCNCC2)cc1C. The van der Waals surface area contributed by atoms with Gasteiger partial charge in [-0.05, 0) is 69.0 Å². The third kappa shape index (κ3) is 4.21. The lowest BCUT2D eigenvalue weighted by Crippen LogP contribution is -2.33. The van der Waals surface area contributed by atoms with Gasteiger partial charge in [0.1, 0.15) is 0 Å². The van der Waals surface area contributed by atoms with E-state index in [0.717, 1.165) is 31.5 Å². The van der Waals surface area contributed by atoms with Crippen molar-refractivity contribution in [3.05, 3.63) is 29.3 Å². The van der Waals surface area contributed by atoms with Crippen LogP contribution in [0.1, 0.15) is 24.0 Å². The zero-order valence-electron chi connectivity index (χ0n) is 11.6. The number of hydrogen-bond donors (Lipinski definition) is 2. The van der Waals surface area contributed by atoms with Gasteiger partial charge >= 0.3 is 0 Å². The molecule has 19 heavy (non-hydrogen) atoms. The van der Waals surface area contributed by atoms with Gasteiger partial charge < -0.3 is 5.32 Å². The van der Waals surface area contributed by atoms with E-state index in [4.69, 9.17) is 0 Å². The van der Waals surface area contributed by atoms with Gasteiger partial charge in [-0.15, -0.1) is 0 Å². The van der Waals surface area contributed by atoms with Crippen molar-refractivity contribution in [2.75, 3.05) is 23.6 Å². The van der Waals surface area contributed by atoms with E-state index < -0.39 is 10.0 Å². The van der Waals surface area contributed by atoms with Crippen LogP contribution in [0.25, 0.3) is 0 Å². The molecule has 0 radical (unpaired) electrons. The van der Waals surface area contributed by atoms with Crippen LogP contribution in [0.15, 0.2) is 18.2 Å². The third-order valence-corrected chi connectivity index (χ3v) is 5.15. The summed E-state index contributed by atoms with van der Waals surface area (Å²) in [5.74, 6) is 0.493. The van der Waals surface area contributed by atoms with Gasteiger partial charge in [0, 0.05) is 5.69 Å². The van der Waals surface area contributed by atoms with E-state index in [0.29, 0.717) is 5.69 Å². The highest BCUT2D eigenvalue weighted by Crippen LogP contribution is 2.18. The second-order valence-corrected chi connectivity index (χ2v) is 7.14. The van der Waals surface area contributed by atoms with Gasteiger partial charge in [-0.3, -0.25) is 4.72 Å². The average Bonchev–Trinajstić information content (AvgIpc) is 2.34. The molecule has 1 heterocycles. The van der Waals surface area contributed by atoms with E-state index in [2.05, 4.69) is 10.0 Å². The molecule has 2 rings (SSSR count). The van der Waals surface area contributed by atoms with Crippen LogP contribution in [0.5, 0.6) is 0 Å². The summed E-state index contributed by atoms with van der Waals surface area (Å²) in [7, 11) is -3.24. The molecule has 5 heteroatoms. The maximum absolute atomic E-state index is 12.1. The summed E-state index contributed by atoms with van der Waals surface area (Å²) in [6.07, 6.45) is 1.88. The zero-order valence-corrected chi connectivity index (χ0v) is 12.4. The van der Waals surface area contributed by atoms with Crippen molar-refractivity contribution in [1.29, 1.82) is 0 Å². The Kier molecular flexibility index (Phi) is 4.47. The first kappa shape index (κ1) is 14.3. The Morgan fingerprint density at radius 3 is 2.53 bits per heavy atom. The molecule has 0 saturated carbocycles. The molecule has 0 aliphatic carbocycles. The lowest BCUT2D eigenvalue weighted by Gasteiger charge is -2.22. The van der Waals surface area contributed by atoms with Crippen molar-refractivity contribution in [1.82, 2.24) is 5.32 Å². The summed E-state index contributed by atoms with van der Waals surface area (Å²) in [6.45, 7) is 5.84. The van der Waals surface area contributed by atoms with Gasteiger partial charge in [-0.2, -0.15) is 0 Å². The van der Waals surface area contributed by atoms with Crippen molar-refractivity contribution in [3.63, 3.8) is 0 Å². The summed E-state index contributed by atoms with van der Waals surface area (Å²) in [4.78, 5) is 0. The highest BCUT2D eigenvalue weighted by atomic mass is 32.2. The van der Waals surface area contributed by atoms with Crippen molar-refractivity contribution >= 4 is 15.7 Å². The zero-order chi connectivity index (χ0) is 13.9. The lowest BCUT2D eigenvalue weighted by molar-refractivity contribution is 0.402. The first-order valence-electron chi connectivity index (χ1n) is 6.75. The number of hydrogen-bond acceptors (Lipinski definition) is 3. The number of anilines is 1. The van der Waals surface area contributed by atoms with Crippen LogP contribution in [-0.4, -0.2) is 27.3 Å². The summed E-state index contributed by atoms with van der Waals surface area (Å²) in [5.41, 5.74) is 2.93. The van der Waals surface area contributed by atoms with Gasteiger partial charge in [0.2, 0.25) is 10.0 Å². The van der Waals surface area contributed by atoms with Crippen LogP contribution in [0.2, 0.25) is 0 Å². The van der Waals surface area contributed by atoms with Crippen LogP contribution >= 0.6 is 0 Å². The number of sulfonamides is 1. The van der Waals surface area contributed by atoms with Crippen LogP contribution in [0.4, 0.5) is 5.69 Å². The van der Waals surface area contributed by atoms with Gasteiger partial charge in [0.15, 0.2) is 0 Å². The Morgan fingerprint density at radius 2 is 1.89 bits per heavy atom. The molecule has 0 amide bonds. The molecule has 1 aliphatic rings. The molecule has 1 aromatic rings. The van der Waals surface area contributed by atoms with Gasteiger partial charge in [-0.1, -0.05) is 6.07 Å². The molecule has 1 fully saturated rings. The lowest BCUT2D eigenvalue weighted by atomic mass is 10.0. The standard InChI is InChI=1S/C14H22N2O2S/c1-11-3-4-14(9-12(11)2)16-19(17,18)10-13-5-7-15-8-6-13/h3-4,9,13,15-16H,5-8,10H2,1-2H3. The number of piperidine rings is 1. The third-order valence-electron chi connectivity index (χ3n) is 3.69. The number of rotatable bonds is 4. The molecule has 106 valence electrons. The number of aryl methyl sites for hydroxylation is 2. The highest BCUT2D eigenvalue weighted by Gasteiger charge is 2.21. The Hall–Kier alpha value is -1.07. The van der Waals surface area contributed by atoms with Crippen LogP contribution in [0.3, 0.4) is 0 Å². The van der Waals surface area contributed by atoms with E-state index in [1.165, 1.54) is 5.56 Å². The first-order chi connectivity index (χ1) is 8.96. The Morgan fingerprint density at radius 1 is 1.21 bits per heavy atom. The smallest absolute Gasteiger partial charge is 0.232 e. The maximum atomic E-state index is 12.1. The quantitative estimate of drug-likeness (QED) is 0.888. The van der Waals surface area contributed by atoms with Crippen LogP contribution in [-0.2, 0) is 10.0 Å². The van der Waals surface area contributed by atoms with Crippen molar-refractivity contribution in [2.24, 2.45) is 5.92 Å². The molecule has 0 spiro atoms. The number of nitrogens with one attached hydrogen (secondary N) is 2. The largest absolute Gasteiger partial charge is 0.317 e. The Balaban J connectivity index is 2.01. The molecule has 0 atom stereocenters. The first-order valence-corrected chi connectivity index (χ1v) is 8.40. The van der Waals surface area contributed by atoms with Gasteiger partial charge in [0.25, 0.3) is 0 Å². The Bertz CT molecular complexity index is 534. The van der Waals surface area contributed by atoms with Crippen molar-refractivity contribution in [3.8, 4) is 0 Å². The predicted molar refractivity (Wildman–Crippen MR) is 78.9 cm³/mol. The van der Waals surface area contributed by atoms with Crippen molar-refractivity contribution < 1.29 is 8.42 Å². The molecule has 0 bridgehead atoms. The average molecular weight is 282 g/mol. The number of benzene rings is 1. The van der Waals surface area contributed by atoms with Crippen LogP contribution in [0, 0.1) is 19.8 Å². The fraction of sp³-hybridized carbons (Fsp3) is 0.571. The summed E-state index contributed by atoms with van der Waals surface area (Å²) < 4.78 is 27.0. The second-order valence-electron chi connectivity index (χ2n) is 5.38. The maximum Gasteiger partial charge on any atom is 0.232 e. The predicted octanol–water partition coefficient (Wildman–Crippen LogP) is 2.04. The van der Waals surface area contributed by atoms with Crippen LogP contribution < -0.4 is 10.0 Å². The van der Waals surface area contributed by atoms with Crippen molar-refractivity contribution in [2.45, 2.75) is 26.7 Å². The molecular weight excluding hydrogens is 260 g/mol. The second kappa shape index (κ2) is 5.92. The topological polar surface area (TPSA) is 58.2 Å². The molecule has 1 aliphatic heterocycles. The van der Waals surface area contributed by atoms with E-state index in [9.17, 15) is 8.42 Å². The summed E-state index contributed by atoms with van der Waals surface area (Å²) in [6, 6.07) is 5.65. The molecule has 1 aromatic carbocycles. The molecule has 0 aromatic heterocycles. The normalized spacial score (nSPS) is 17.4. The minimum absolute atomic E-state index is 0.224. The van der Waals surface area contributed by atoms with E-state index in [1.54, 1.807) is 0 Å². The minimum atomic E-state index is -3.24. The molecule has 4 nitrogen and oxygen atoms in total. The fourth-order valence-electron chi connectivity index (χ4n) is 2.38. The molecule has 1 saturated heterocycles.